The van der Waals surface area contributed by atoms with Crippen molar-refractivity contribution >= 4 is 20.0 Å². The lowest BCUT2D eigenvalue weighted by atomic mass is 9.74. The van der Waals surface area contributed by atoms with Crippen LogP contribution in [0.2, 0.25) is 0 Å². The van der Waals surface area contributed by atoms with Gasteiger partial charge in [0.1, 0.15) is 11.5 Å². The van der Waals surface area contributed by atoms with E-state index >= 15 is 0 Å². The lowest BCUT2D eigenvalue weighted by molar-refractivity contribution is 0.0197. The third-order valence-electron chi connectivity index (χ3n) is 6.28. The van der Waals surface area contributed by atoms with Gasteiger partial charge in [0, 0.05) is 31.6 Å². The largest absolute Gasteiger partial charge is 0.497 e. The molecule has 32 heavy (non-hydrogen) atoms. The summed E-state index contributed by atoms with van der Waals surface area (Å²) in [5, 5.41) is 0. The molecule has 4 rings (SSSR count). The van der Waals surface area contributed by atoms with Gasteiger partial charge in [-0.2, -0.15) is 8.61 Å². The normalized spacial score (nSPS) is 19.4. The van der Waals surface area contributed by atoms with E-state index in [9.17, 15) is 16.8 Å². The zero-order valence-corrected chi connectivity index (χ0v) is 19.9. The Kier molecular flexibility index (Phi) is 6.23. The third-order valence-corrected chi connectivity index (χ3v) is 10.00. The molecule has 0 saturated carbocycles. The van der Waals surface area contributed by atoms with Gasteiger partial charge < -0.3 is 9.47 Å². The molecule has 2 fully saturated rings. The van der Waals surface area contributed by atoms with E-state index in [2.05, 4.69) is 0 Å². The van der Waals surface area contributed by atoms with Crippen molar-refractivity contribution in [1.29, 1.82) is 0 Å². The van der Waals surface area contributed by atoms with Crippen molar-refractivity contribution in [2.45, 2.75) is 29.6 Å². The number of methoxy groups -OCH3 is 1. The number of ether oxygens (including phenoxy) is 2. The van der Waals surface area contributed by atoms with Crippen LogP contribution in [0.1, 0.15) is 19.8 Å². The van der Waals surface area contributed by atoms with E-state index in [0.717, 1.165) is 0 Å². The van der Waals surface area contributed by atoms with E-state index < -0.39 is 20.0 Å². The molecule has 174 valence electrons. The van der Waals surface area contributed by atoms with E-state index in [4.69, 9.17) is 9.47 Å². The second-order valence-corrected chi connectivity index (χ2v) is 12.1. The Morgan fingerprint density at radius 3 is 1.72 bits per heavy atom. The highest BCUT2D eigenvalue weighted by molar-refractivity contribution is 7.89. The summed E-state index contributed by atoms with van der Waals surface area (Å²) < 4.78 is 65.2. The van der Waals surface area contributed by atoms with Gasteiger partial charge in [0.15, 0.2) is 0 Å². The van der Waals surface area contributed by atoms with E-state index in [1.807, 2.05) is 6.92 Å². The maximum atomic E-state index is 13.0. The molecule has 0 radical (unpaired) electrons. The topological polar surface area (TPSA) is 93.2 Å². The van der Waals surface area contributed by atoms with Crippen LogP contribution in [0.3, 0.4) is 0 Å². The first-order chi connectivity index (χ1) is 15.2. The number of benzene rings is 2. The second kappa shape index (κ2) is 8.66. The molecule has 0 unspecified atom stereocenters. The maximum absolute atomic E-state index is 13.0. The molecule has 10 heteroatoms. The number of hydrogen-bond donors (Lipinski definition) is 0. The molecular formula is C22H28N2O6S2. The van der Waals surface area contributed by atoms with Gasteiger partial charge in [-0.1, -0.05) is 0 Å². The third kappa shape index (κ3) is 4.24. The molecule has 0 N–H and O–H groups in total. The summed E-state index contributed by atoms with van der Waals surface area (Å²) in [5.74, 6) is 1.24. The highest BCUT2D eigenvalue weighted by atomic mass is 32.2. The van der Waals surface area contributed by atoms with Crippen LogP contribution >= 0.6 is 0 Å². The first kappa shape index (κ1) is 23.0. The molecule has 0 amide bonds. The van der Waals surface area contributed by atoms with Crippen LogP contribution in [0.4, 0.5) is 0 Å². The minimum absolute atomic E-state index is 0.162. The van der Waals surface area contributed by atoms with Crippen LogP contribution in [0.15, 0.2) is 58.3 Å². The SMILES string of the molecule is CCOc1ccc(S(=O)(=O)N2CCC3(CC2)CN(S(=O)(=O)c2ccc(OC)cc2)C3)cc1. The predicted octanol–water partition coefficient (Wildman–Crippen LogP) is 2.57. The first-order valence-electron chi connectivity index (χ1n) is 10.6. The van der Waals surface area contributed by atoms with Gasteiger partial charge in [0.05, 0.1) is 23.5 Å². The van der Waals surface area contributed by atoms with E-state index in [1.165, 1.54) is 15.7 Å². The summed E-state index contributed by atoms with van der Waals surface area (Å²) in [6.45, 7) is 3.98. The van der Waals surface area contributed by atoms with Gasteiger partial charge in [0.25, 0.3) is 0 Å². The molecule has 2 saturated heterocycles. The molecule has 0 aliphatic carbocycles. The standard InChI is InChI=1S/C22H28N2O6S2/c1-3-30-19-6-10-20(11-7-19)31(25,26)23-14-12-22(13-15-23)16-24(17-22)32(27,28)21-8-4-18(29-2)5-9-21/h4-11H,3,12-17H2,1-2H3. The summed E-state index contributed by atoms with van der Waals surface area (Å²) >= 11 is 0. The van der Waals surface area contributed by atoms with Gasteiger partial charge in [0.2, 0.25) is 20.0 Å². The van der Waals surface area contributed by atoms with Crippen LogP contribution in [0.5, 0.6) is 11.5 Å². The van der Waals surface area contributed by atoms with E-state index in [0.29, 0.717) is 57.1 Å². The van der Waals surface area contributed by atoms with Gasteiger partial charge in [-0.25, -0.2) is 16.8 Å². The first-order valence-corrected chi connectivity index (χ1v) is 13.5. The summed E-state index contributed by atoms with van der Waals surface area (Å²) in [4.78, 5) is 0.484. The van der Waals surface area contributed by atoms with Gasteiger partial charge in [-0.3, -0.25) is 0 Å². The molecular weight excluding hydrogens is 452 g/mol. The molecule has 2 aromatic rings. The van der Waals surface area contributed by atoms with Crippen molar-refractivity contribution in [2.75, 3.05) is 39.9 Å². The smallest absolute Gasteiger partial charge is 0.243 e. The highest BCUT2D eigenvalue weighted by Gasteiger charge is 2.50. The summed E-state index contributed by atoms with van der Waals surface area (Å²) in [7, 11) is -5.61. The average molecular weight is 481 g/mol. The van der Waals surface area contributed by atoms with Gasteiger partial charge in [-0.15, -0.1) is 0 Å². The highest BCUT2D eigenvalue weighted by Crippen LogP contribution is 2.43. The molecule has 2 heterocycles. The molecule has 0 atom stereocenters. The zero-order chi connectivity index (χ0) is 23.0. The minimum Gasteiger partial charge on any atom is -0.497 e. The summed E-state index contributed by atoms with van der Waals surface area (Å²) in [6, 6.07) is 12.8. The molecule has 2 aromatic carbocycles. The molecule has 2 aliphatic heterocycles. The van der Waals surface area contributed by atoms with Crippen molar-refractivity contribution < 1.29 is 26.3 Å². The molecule has 0 bridgehead atoms. The van der Waals surface area contributed by atoms with Crippen LogP contribution in [0.25, 0.3) is 0 Å². The average Bonchev–Trinajstić information content (AvgIpc) is 2.78. The Hall–Kier alpha value is -2.14. The Balaban J connectivity index is 1.38. The van der Waals surface area contributed by atoms with Crippen molar-refractivity contribution in [3.63, 3.8) is 0 Å². The number of rotatable bonds is 7. The summed E-state index contributed by atoms with van der Waals surface area (Å²) in [6.07, 6.45) is 1.27. The Labute approximate surface area is 189 Å². The number of nitrogens with zero attached hydrogens (tertiary/aromatic N) is 2. The maximum Gasteiger partial charge on any atom is 0.243 e. The second-order valence-electron chi connectivity index (χ2n) is 8.26. The molecule has 2 aliphatic rings. The number of piperidine rings is 1. The monoisotopic (exact) mass is 480 g/mol. The van der Waals surface area contributed by atoms with Crippen molar-refractivity contribution in [1.82, 2.24) is 8.61 Å². The fraction of sp³-hybridized carbons (Fsp3) is 0.455. The van der Waals surface area contributed by atoms with E-state index in [1.54, 1.807) is 48.5 Å². The fourth-order valence-electron chi connectivity index (χ4n) is 4.31. The number of sulfonamides is 2. The quantitative estimate of drug-likeness (QED) is 0.605. The van der Waals surface area contributed by atoms with Crippen molar-refractivity contribution in [3.05, 3.63) is 48.5 Å². The van der Waals surface area contributed by atoms with Crippen LogP contribution in [-0.2, 0) is 20.0 Å². The number of hydrogen-bond acceptors (Lipinski definition) is 6. The summed E-state index contributed by atoms with van der Waals surface area (Å²) in [5.41, 5.74) is -0.162. The Morgan fingerprint density at radius 1 is 0.781 bits per heavy atom. The minimum atomic E-state index is -3.59. The van der Waals surface area contributed by atoms with Crippen molar-refractivity contribution in [3.8, 4) is 11.5 Å². The van der Waals surface area contributed by atoms with Crippen molar-refractivity contribution in [2.24, 2.45) is 5.41 Å². The fourth-order valence-corrected chi connectivity index (χ4v) is 7.42. The predicted molar refractivity (Wildman–Crippen MR) is 120 cm³/mol. The Bertz CT molecular complexity index is 1150. The van der Waals surface area contributed by atoms with Crippen LogP contribution in [0, 0.1) is 5.41 Å². The lowest BCUT2D eigenvalue weighted by Crippen LogP contribution is -2.62. The zero-order valence-electron chi connectivity index (χ0n) is 18.2. The van der Waals surface area contributed by atoms with Crippen LogP contribution in [-0.4, -0.2) is 65.3 Å². The molecule has 1 spiro atoms. The lowest BCUT2D eigenvalue weighted by Gasteiger charge is -2.52. The van der Waals surface area contributed by atoms with Crippen LogP contribution < -0.4 is 9.47 Å². The van der Waals surface area contributed by atoms with Gasteiger partial charge in [-0.05, 0) is 68.3 Å². The molecule has 8 nitrogen and oxygen atoms in total. The van der Waals surface area contributed by atoms with Gasteiger partial charge >= 0.3 is 0 Å². The molecule has 0 aromatic heterocycles. The van der Waals surface area contributed by atoms with E-state index in [-0.39, 0.29) is 15.2 Å². The Morgan fingerprint density at radius 2 is 1.25 bits per heavy atom.